The van der Waals surface area contributed by atoms with E-state index in [2.05, 4.69) is 27.4 Å². The predicted molar refractivity (Wildman–Crippen MR) is 364 cm³/mol. The Balaban J connectivity index is 1.21. The van der Waals surface area contributed by atoms with Crippen molar-refractivity contribution in [3.63, 3.8) is 0 Å². The zero-order valence-electron chi connectivity index (χ0n) is 54.8. The molecule has 0 unspecified atom stereocenters. The molecule has 480 valence electrons. The zero-order valence-corrected chi connectivity index (χ0v) is 54.8. The first-order valence-electron chi connectivity index (χ1n) is 35.1. The summed E-state index contributed by atoms with van der Waals surface area (Å²) >= 11 is 0. The number of carbonyl (C=O) groups is 1. The quantitative estimate of drug-likeness (QED) is 0.0281. The van der Waals surface area contributed by atoms with Crippen LogP contribution in [0.2, 0.25) is 0 Å². The highest BCUT2D eigenvalue weighted by Crippen LogP contribution is 2.41. The molecule has 0 aliphatic carbocycles. The Bertz CT molecular complexity index is 2370. The van der Waals surface area contributed by atoms with Crippen molar-refractivity contribution in [2.45, 2.75) is 278 Å². The minimum atomic E-state index is -0.507. The standard InChI is InChI=1S/C79H116O8/c1-5-9-12-15-18-21-24-27-30-33-36-39-58-81-73-52-46-69(47-53-73)63-84-76-61-72(79(80)87-66-68-44-42-67(8-4)43-45-68)62-77(85-64-70-48-54-74(55-49-70)82-59-40-37-34-31-28-25-22-19-16-13-10-6-2)78(76)86-65-71-50-56-75(57-51-71)83-60-41-38-35-32-29-26-23-20-17-14-11-7-3/h8,42-57,61-62H,4-7,9-41,58-60,63-66H2,1-3H3. The predicted octanol–water partition coefficient (Wildman–Crippen LogP) is 23.7. The average Bonchev–Trinajstić information content (AvgIpc) is 3.44. The highest BCUT2D eigenvalue weighted by molar-refractivity contribution is 5.91. The molecule has 0 aliphatic heterocycles. The molecule has 5 rings (SSSR count). The molecule has 0 aliphatic rings. The summed E-state index contributed by atoms with van der Waals surface area (Å²) in [5.41, 5.74) is 4.98. The molecule has 0 spiro atoms. The number of carbonyl (C=O) groups excluding carboxylic acids is 1. The molecule has 0 saturated heterocycles. The molecule has 0 bridgehead atoms. The fourth-order valence-corrected chi connectivity index (χ4v) is 11.0. The zero-order chi connectivity index (χ0) is 61.3. The number of hydrogen-bond acceptors (Lipinski definition) is 8. The highest BCUT2D eigenvalue weighted by Gasteiger charge is 2.21. The second-order valence-corrected chi connectivity index (χ2v) is 24.3. The Morgan fingerprint density at radius 1 is 0.322 bits per heavy atom. The summed E-state index contributed by atoms with van der Waals surface area (Å²) in [6, 6.07) is 35.4. The van der Waals surface area contributed by atoms with Gasteiger partial charge in [-0.25, -0.2) is 4.79 Å². The van der Waals surface area contributed by atoms with Crippen molar-refractivity contribution in [3.05, 3.63) is 149 Å². The van der Waals surface area contributed by atoms with E-state index in [1.54, 1.807) is 18.2 Å². The maximum Gasteiger partial charge on any atom is 0.338 e. The maximum atomic E-state index is 14.0. The number of ether oxygens (including phenoxy) is 7. The minimum Gasteiger partial charge on any atom is -0.494 e. The van der Waals surface area contributed by atoms with Gasteiger partial charge in [0.2, 0.25) is 5.75 Å². The van der Waals surface area contributed by atoms with Crippen molar-refractivity contribution < 1.29 is 38.0 Å². The summed E-state index contributed by atoms with van der Waals surface area (Å²) in [4.78, 5) is 14.0. The summed E-state index contributed by atoms with van der Waals surface area (Å²) in [5.74, 6) is 3.14. The molecule has 0 amide bonds. The number of benzene rings is 5. The third-order valence-electron chi connectivity index (χ3n) is 16.6. The van der Waals surface area contributed by atoms with Crippen LogP contribution in [0.4, 0.5) is 0 Å². The normalized spacial score (nSPS) is 11.2. The van der Waals surface area contributed by atoms with Gasteiger partial charge < -0.3 is 33.2 Å². The molecule has 0 aromatic heterocycles. The number of rotatable bonds is 55. The van der Waals surface area contributed by atoms with Gasteiger partial charge in [-0.3, -0.25) is 0 Å². The van der Waals surface area contributed by atoms with Crippen LogP contribution in [0.1, 0.15) is 290 Å². The molecule has 8 heteroatoms. The monoisotopic (exact) mass is 1190 g/mol. The van der Waals surface area contributed by atoms with Gasteiger partial charge in [-0.15, -0.1) is 0 Å². The van der Waals surface area contributed by atoms with Crippen molar-refractivity contribution in [2.75, 3.05) is 19.8 Å². The van der Waals surface area contributed by atoms with E-state index >= 15 is 0 Å². The number of unbranched alkanes of at least 4 members (excludes halogenated alkanes) is 33. The first-order valence-corrected chi connectivity index (χ1v) is 35.1. The van der Waals surface area contributed by atoms with Gasteiger partial charge in [0.25, 0.3) is 0 Å². The van der Waals surface area contributed by atoms with Gasteiger partial charge in [-0.2, -0.15) is 0 Å². The molecule has 8 nitrogen and oxygen atoms in total. The van der Waals surface area contributed by atoms with E-state index in [9.17, 15) is 4.79 Å². The second-order valence-electron chi connectivity index (χ2n) is 24.3. The largest absolute Gasteiger partial charge is 0.494 e. The summed E-state index contributed by atoms with van der Waals surface area (Å²) in [7, 11) is 0. The Morgan fingerprint density at radius 3 is 0.885 bits per heavy atom. The molecular weight excluding hydrogens is 1080 g/mol. The highest BCUT2D eigenvalue weighted by atomic mass is 16.5. The summed E-state index contributed by atoms with van der Waals surface area (Å²) in [6.45, 7) is 13.6. The van der Waals surface area contributed by atoms with Crippen LogP contribution in [0, 0.1) is 0 Å². The minimum absolute atomic E-state index is 0.0986. The van der Waals surface area contributed by atoms with E-state index < -0.39 is 5.97 Å². The lowest BCUT2D eigenvalue weighted by atomic mass is 10.1. The summed E-state index contributed by atoms with van der Waals surface area (Å²) in [6.07, 6.45) is 49.1. The van der Waals surface area contributed by atoms with Crippen LogP contribution in [-0.4, -0.2) is 25.8 Å². The first kappa shape index (κ1) is 71.9. The van der Waals surface area contributed by atoms with Gasteiger partial charge in [0.15, 0.2) is 11.5 Å². The van der Waals surface area contributed by atoms with E-state index in [-0.39, 0.29) is 32.0 Å². The van der Waals surface area contributed by atoms with Gasteiger partial charge in [0.1, 0.15) is 43.7 Å². The van der Waals surface area contributed by atoms with Gasteiger partial charge in [-0.05, 0) is 95.6 Å². The fourth-order valence-electron chi connectivity index (χ4n) is 11.0. The van der Waals surface area contributed by atoms with Crippen LogP contribution in [-0.2, 0) is 31.2 Å². The third-order valence-corrected chi connectivity index (χ3v) is 16.6. The van der Waals surface area contributed by atoms with E-state index in [1.807, 2.05) is 97.1 Å². The lowest BCUT2D eigenvalue weighted by molar-refractivity contribution is 0.0471. The first-order chi connectivity index (χ1) is 43.0. The molecule has 0 atom stereocenters. The number of esters is 1. The second kappa shape index (κ2) is 48.1. The smallest absolute Gasteiger partial charge is 0.338 e. The van der Waals surface area contributed by atoms with Gasteiger partial charge in [-0.1, -0.05) is 306 Å². The topological polar surface area (TPSA) is 81.7 Å². The van der Waals surface area contributed by atoms with E-state index in [4.69, 9.17) is 33.2 Å². The molecule has 5 aromatic rings. The molecule has 0 radical (unpaired) electrons. The summed E-state index contributed by atoms with van der Waals surface area (Å²) in [5, 5.41) is 0. The van der Waals surface area contributed by atoms with Crippen LogP contribution in [0.5, 0.6) is 34.5 Å². The van der Waals surface area contributed by atoms with Crippen LogP contribution in [0.15, 0.2) is 116 Å². The Hall–Kier alpha value is -5.89. The SMILES string of the molecule is C=Cc1ccc(COC(=O)c2cc(OCc3ccc(OCCCCCCCCCCCCCC)cc3)c(OCc3ccc(OCCCCCCCCCCCCCC)cc3)c(OCc3ccc(OCCCCCCCCCCCCCC)cc3)c2)cc1. The maximum absolute atomic E-state index is 14.0. The molecule has 0 N–H and O–H groups in total. The van der Waals surface area contributed by atoms with Crippen molar-refractivity contribution in [1.29, 1.82) is 0 Å². The van der Waals surface area contributed by atoms with Crippen molar-refractivity contribution in [2.24, 2.45) is 0 Å². The third kappa shape index (κ3) is 33.3. The van der Waals surface area contributed by atoms with Crippen LogP contribution >= 0.6 is 0 Å². The Kier molecular flexibility index (Phi) is 39.7. The van der Waals surface area contributed by atoms with Gasteiger partial charge in [0, 0.05) is 0 Å². The van der Waals surface area contributed by atoms with Crippen molar-refractivity contribution in [3.8, 4) is 34.5 Å². The molecule has 5 aromatic carbocycles. The molecule has 0 heterocycles. The number of hydrogen-bond donors (Lipinski definition) is 0. The Morgan fingerprint density at radius 2 is 0.586 bits per heavy atom. The molecule has 87 heavy (non-hydrogen) atoms. The van der Waals surface area contributed by atoms with E-state index in [1.165, 1.54) is 212 Å². The van der Waals surface area contributed by atoms with E-state index in [0.717, 1.165) is 64.3 Å². The average molecular weight is 1190 g/mol. The van der Waals surface area contributed by atoms with Gasteiger partial charge in [0.05, 0.1) is 25.4 Å². The lowest BCUT2D eigenvalue weighted by Crippen LogP contribution is -2.09. The lowest BCUT2D eigenvalue weighted by Gasteiger charge is -2.19. The molecule has 0 saturated carbocycles. The van der Waals surface area contributed by atoms with Crippen LogP contribution < -0.4 is 28.4 Å². The Labute approximate surface area is 529 Å². The van der Waals surface area contributed by atoms with Gasteiger partial charge >= 0.3 is 5.97 Å². The van der Waals surface area contributed by atoms with Crippen molar-refractivity contribution >= 4 is 12.0 Å². The van der Waals surface area contributed by atoms with Crippen molar-refractivity contribution in [1.82, 2.24) is 0 Å². The van der Waals surface area contributed by atoms with Crippen LogP contribution in [0.25, 0.3) is 6.08 Å². The molecule has 0 fully saturated rings. The molecular formula is C79H116O8. The fraction of sp³-hybridized carbons (Fsp3) is 0.582. The summed E-state index contributed by atoms with van der Waals surface area (Å²) < 4.78 is 44.5. The van der Waals surface area contributed by atoms with Crippen LogP contribution in [0.3, 0.4) is 0 Å². The van der Waals surface area contributed by atoms with E-state index in [0.29, 0.717) is 37.1 Å².